The minimum Gasteiger partial charge on any atom is -0.345 e. The van der Waals surface area contributed by atoms with Gasteiger partial charge in [0.15, 0.2) is 0 Å². The highest BCUT2D eigenvalue weighted by atomic mass is 16.1. The Kier molecular flexibility index (Phi) is 4.15. The van der Waals surface area contributed by atoms with Crippen LogP contribution >= 0.6 is 0 Å². The van der Waals surface area contributed by atoms with Gasteiger partial charge in [-0.3, -0.25) is 9.78 Å². The third-order valence-electron chi connectivity index (χ3n) is 3.44. The lowest BCUT2D eigenvalue weighted by Crippen LogP contribution is -2.50. The summed E-state index contributed by atoms with van der Waals surface area (Å²) in [6.07, 6.45) is 1.70. The fourth-order valence-corrected chi connectivity index (χ4v) is 2.34. The number of nitrogens with one attached hydrogen (secondary N) is 1. The fourth-order valence-electron chi connectivity index (χ4n) is 2.34. The van der Waals surface area contributed by atoms with Gasteiger partial charge in [0.2, 0.25) is 5.91 Å². The van der Waals surface area contributed by atoms with Crippen LogP contribution in [0.1, 0.15) is 31.1 Å². The first-order valence-electron chi connectivity index (χ1n) is 6.55. The van der Waals surface area contributed by atoms with Crippen LogP contribution < -0.4 is 11.1 Å². The number of pyridine rings is 1. The van der Waals surface area contributed by atoms with Crippen molar-refractivity contribution in [3.05, 3.63) is 66.0 Å². The molecule has 2 atom stereocenters. The van der Waals surface area contributed by atoms with E-state index >= 15 is 0 Å². The van der Waals surface area contributed by atoms with Crippen molar-refractivity contribution in [3.63, 3.8) is 0 Å². The van der Waals surface area contributed by atoms with Crippen LogP contribution in [0, 0.1) is 0 Å². The quantitative estimate of drug-likeness (QED) is 0.893. The Morgan fingerprint density at radius 2 is 1.85 bits per heavy atom. The van der Waals surface area contributed by atoms with E-state index < -0.39 is 11.6 Å². The van der Waals surface area contributed by atoms with Crippen LogP contribution in [0.15, 0.2) is 54.7 Å². The zero-order valence-electron chi connectivity index (χ0n) is 11.7. The average molecular weight is 269 g/mol. The van der Waals surface area contributed by atoms with Gasteiger partial charge in [-0.1, -0.05) is 36.4 Å². The van der Waals surface area contributed by atoms with E-state index in [1.165, 1.54) is 6.92 Å². The first kappa shape index (κ1) is 14.2. The molecule has 0 saturated heterocycles. The topological polar surface area (TPSA) is 68.0 Å². The van der Waals surface area contributed by atoms with E-state index in [1.807, 2.05) is 55.5 Å². The van der Waals surface area contributed by atoms with Crippen molar-refractivity contribution in [3.8, 4) is 0 Å². The number of amides is 1. The fraction of sp³-hybridized carbons (Fsp3) is 0.250. The predicted molar refractivity (Wildman–Crippen MR) is 78.8 cm³/mol. The standard InChI is InChI=1S/C16H19N3O/c1-12(20)19-16(2,13-8-4-3-5-9-13)15(17)14-10-6-7-11-18-14/h3-11,15H,17H2,1-2H3,(H,19,20). The summed E-state index contributed by atoms with van der Waals surface area (Å²) in [7, 11) is 0. The summed E-state index contributed by atoms with van der Waals surface area (Å²) in [5.41, 5.74) is 7.37. The summed E-state index contributed by atoms with van der Waals surface area (Å²) in [5.74, 6) is -0.122. The molecule has 1 heterocycles. The van der Waals surface area contributed by atoms with E-state index in [0.29, 0.717) is 0 Å². The van der Waals surface area contributed by atoms with Crippen LogP contribution in [0.2, 0.25) is 0 Å². The van der Waals surface area contributed by atoms with Gasteiger partial charge in [-0.25, -0.2) is 0 Å². The van der Waals surface area contributed by atoms with E-state index in [-0.39, 0.29) is 5.91 Å². The van der Waals surface area contributed by atoms with Crippen molar-refractivity contribution in [2.75, 3.05) is 0 Å². The van der Waals surface area contributed by atoms with E-state index in [9.17, 15) is 4.79 Å². The lowest BCUT2D eigenvalue weighted by atomic mass is 9.83. The highest BCUT2D eigenvalue weighted by molar-refractivity contribution is 5.74. The summed E-state index contributed by atoms with van der Waals surface area (Å²) >= 11 is 0. The van der Waals surface area contributed by atoms with Crippen molar-refractivity contribution in [1.82, 2.24) is 10.3 Å². The van der Waals surface area contributed by atoms with Crippen LogP contribution in [-0.2, 0) is 10.3 Å². The molecule has 0 aliphatic heterocycles. The molecule has 104 valence electrons. The van der Waals surface area contributed by atoms with E-state index in [4.69, 9.17) is 5.73 Å². The maximum atomic E-state index is 11.6. The molecule has 0 fully saturated rings. The minimum absolute atomic E-state index is 0.122. The molecule has 0 spiro atoms. The van der Waals surface area contributed by atoms with Crippen molar-refractivity contribution in [1.29, 1.82) is 0 Å². The second-order valence-corrected chi connectivity index (χ2v) is 4.98. The number of nitrogens with two attached hydrogens (primary N) is 1. The number of rotatable bonds is 4. The normalized spacial score (nSPS) is 15.2. The number of carbonyl (C=O) groups excluding carboxylic acids is 1. The Morgan fingerprint density at radius 1 is 1.20 bits per heavy atom. The molecule has 1 amide bonds. The van der Waals surface area contributed by atoms with Crippen molar-refractivity contribution >= 4 is 5.91 Å². The summed E-state index contributed by atoms with van der Waals surface area (Å²) in [6, 6.07) is 14.9. The molecule has 0 saturated carbocycles. The van der Waals surface area contributed by atoms with Crippen LogP contribution in [0.25, 0.3) is 0 Å². The molecule has 2 unspecified atom stereocenters. The van der Waals surface area contributed by atoms with Gasteiger partial charge < -0.3 is 11.1 Å². The Balaban J connectivity index is 2.45. The van der Waals surface area contributed by atoms with Crippen LogP contribution in [-0.4, -0.2) is 10.9 Å². The van der Waals surface area contributed by atoms with Crippen molar-refractivity contribution in [2.24, 2.45) is 5.73 Å². The third-order valence-corrected chi connectivity index (χ3v) is 3.44. The van der Waals surface area contributed by atoms with Gasteiger partial charge in [0, 0.05) is 13.1 Å². The average Bonchev–Trinajstić information content (AvgIpc) is 2.47. The minimum atomic E-state index is -0.707. The molecule has 1 aromatic heterocycles. The molecule has 0 aliphatic rings. The first-order chi connectivity index (χ1) is 9.54. The van der Waals surface area contributed by atoms with Crippen LogP contribution in [0.5, 0.6) is 0 Å². The van der Waals surface area contributed by atoms with Gasteiger partial charge in [0.05, 0.1) is 17.3 Å². The van der Waals surface area contributed by atoms with Crippen LogP contribution in [0.3, 0.4) is 0 Å². The maximum absolute atomic E-state index is 11.6. The van der Waals surface area contributed by atoms with Crippen LogP contribution in [0.4, 0.5) is 0 Å². The molecular formula is C16H19N3O. The SMILES string of the molecule is CC(=O)NC(C)(c1ccccc1)C(N)c1ccccn1. The van der Waals surface area contributed by atoms with Gasteiger partial charge in [-0.2, -0.15) is 0 Å². The predicted octanol–water partition coefficient (Wildman–Crippen LogP) is 2.13. The lowest BCUT2D eigenvalue weighted by molar-refractivity contribution is -0.121. The number of aromatic nitrogens is 1. The smallest absolute Gasteiger partial charge is 0.217 e. The molecule has 1 aromatic carbocycles. The molecule has 2 rings (SSSR count). The highest BCUT2D eigenvalue weighted by Crippen LogP contribution is 2.32. The third kappa shape index (κ3) is 2.86. The van der Waals surface area contributed by atoms with E-state index in [1.54, 1.807) is 6.20 Å². The monoisotopic (exact) mass is 269 g/mol. The molecule has 4 heteroatoms. The largest absolute Gasteiger partial charge is 0.345 e. The number of hydrogen-bond acceptors (Lipinski definition) is 3. The zero-order valence-corrected chi connectivity index (χ0v) is 11.7. The molecule has 20 heavy (non-hydrogen) atoms. The first-order valence-corrected chi connectivity index (χ1v) is 6.55. The van der Waals surface area contributed by atoms with E-state index in [2.05, 4.69) is 10.3 Å². The van der Waals surface area contributed by atoms with Gasteiger partial charge in [-0.15, -0.1) is 0 Å². The molecule has 0 radical (unpaired) electrons. The lowest BCUT2D eigenvalue weighted by Gasteiger charge is -2.36. The zero-order chi connectivity index (χ0) is 14.6. The Labute approximate surface area is 119 Å². The van der Waals surface area contributed by atoms with E-state index in [0.717, 1.165) is 11.3 Å². The summed E-state index contributed by atoms with van der Waals surface area (Å²) in [6.45, 7) is 3.41. The molecule has 0 aliphatic carbocycles. The number of benzene rings is 1. The van der Waals surface area contributed by atoms with Gasteiger partial charge in [0.1, 0.15) is 0 Å². The Morgan fingerprint density at radius 3 is 2.40 bits per heavy atom. The molecule has 0 bridgehead atoms. The maximum Gasteiger partial charge on any atom is 0.217 e. The van der Waals surface area contributed by atoms with Gasteiger partial charge >= 0.3 is 0 Å². The van der Waals surface area contributed by atoms with Crippen molar-refractivity contribution < 1.29 is 4.79 Å². The Hall–Kier alpha value is -2.20. The second kappa shape index (κ2) is 5.84. The molecular weight excluding hydrogens is 250 g/mol. The summed E-state index contributed by atoms with van der Waals surface area (Å²) in [5, 5.41) is 2.97. The van der Waals surface area contributed by atoms with Crippen molar-refractivity contribution in [2.45, 2.75) is 25.4 Å². The van der Waals surface area contributed by atoms with Gasteiger partial charge in [0.25, 0.3) is 0 Å². The second-order valence-electron chi connectivity index (χ2n) is 4.98. The molecule has 2 aromatic rings. The number of carbonyl (C=O) groups is 1. The molecule has 3 N–H and O–H groups in total. The summed E-state index contributed by atoms with van der Waals surface area (Å²) in [4.78, 5) is 15.9. The number of nitrogens with zero attached hydrogens (tertiary/aromatic N) is 1. The number of hydrogen-bond donors (Lipinski definition) is 2. The summed E-state index contributed by atoms with van der Waals surface area (Å²) < 4.78 is 0. The van der Waals surface area contributed by atoms with Gasteiger partial charge in [-0.05, 0) is 24.6 Å². The Bertz CT molecular complexity index is 571. The highest BCUT2D eigenvalue weighted by Gasteiger charge is 2.36. The molecule has 4 nitrogen and oxygen atoms in total.